The number of fused-ring (bicyclic) bond motifs is 1. The molecule has 7 nitrogen and oxygen atoms in total. The van der Waals surface area contributed by atoms with Gasteiger partial charge in [-0.2, -0.15) is 0 Å². The molecule has 29 heavy (non-hydrogen) atoms. The molecule has 1 aliphatic carbocycles. The van der Waals surface area contributed by atoms with Gasteiger partial charge in [-0.1, -0.05) is 25.0 Å². The highest BCUT2D eigenvalue weighted by Gasteiger charge is 2.49. The second-order valence-electron chi connectivity index (χ2n) is 7.45. The smallest absolute Gasteiger partial charge is 0.294 e. The number of rotatable bonds is 5. The van der Waals surface area contributed by atoms with Gasteiger partial charge in [0, 0.05) is 12.6 Å². The van der Waals surface area contributed by atoms with E-state index in [9.17, 15) is 24.1 Å². The molecule has 0 radical (unpaired) electrons. The van der Waals surface area contributed by atoms with Crippen LogP contribution in [0.15, 0.2) is 42.5 Å². The standard InChI is InChI=1S/C21H20FN3O4/c22-14-7-5-13(6-8-14)12-23-18-10-9-15(11-19(18)25(28)29)24-20(26)16-3-1-2-4-17(16)21(24)27/h5-11,16-17,23H,1-4,12H2/t16-,17+. The van der Waals surface area contributed by atoms with Crippen molar-refractivity contribution >= 4 is 28.9 Å². The van der Waals surface area contributed by atoms with Gasteiger partial charge in [0.15, 0.2) is 0 Å². The molecule has 2 amide bonds. The molecule has 0 bridgehead atoms. The Morgan fingerprint density at radius 1 is 1.03 bits per heavy atom. The lowest BCUT2D eigenvalue weighted by Crippen LogP contribution is -2.30. The fourth-order valence-corrected chi connectivity index (χ4v) is 4.18. The van der Waals surface area contributed by atoms with Crippen molar-refractivity contribution in [3.63, 3.8) is 0 Å². The number of hydrogen-bond acceptors (Lipinski definition) is 5. The summed E-state index contributed by atoms with van der Waals surface area (Å²) in [7, 11) is 0. The maximum Gasteiger partial charge on any atom is 0.294 e. The summed E-state index contributed by atoms with van der Waals surface area (Å²) < 4.78 is 13.0. The van der Waals surface area contributed by atoms with Gasteiger partial charge in [0.1, 0.15) is 11.5 Å². The highest BCUT2D eigenvalue weighted by atomic mass is 19.1. The van der Waals surface area contributed by atoms with E-state index in [2.05, 4.69) is 5.32 Å². The van der Waals surface area contributed by atoms with Crippen molar-refractivity contribution in [3.05, 3.63) is 64.0 Å². The SMILES string of the molecule is O=C1[C@H]2CCCC[C@H]2C(=O)N1c1ccc(NCc2ccc(F)cc2)c([N+](=O)[O-])c1. The zero-order chi connectivity index (χ0) is 20.5. The lowest BCUT2D eigenvalue weighted by Gasteiger charge is -2.19. The van der Waals surface area contributed by atoms with Crippen LogP contribution in [-0.4, -0.2) is 16.7 Å². The molecule has 0 spiro atoms. The molecule has 1 saturated carbocycles. The van der Waals surface area contributed by atoms with Gasteiger partial charge in [-0.3, -0.25) is 19.7 Å². The topological polar surface area (TPSA) is 92.6 Å². The second kappa shape index (κ2) is 7.62. The Kier molecular flexibility index (Phi) is 5.00. The van der Waals surface area contributed by atoms with Crippen molar-refractivity contribution in [2.24, 2.45) is 11.8 Å². The van der Waals surface area contributed by atoms with E-state index in [-0.39, 0.29) is 53.1 Å². The number of carbonyl (C=O) groups excluding carboxylic acids is 2. The minimum Gasteiger partial charge on any atom is -0.375 e. The number of nitrogens with one attached hydrogen (secondary N) is 1. The third-order valence-corrected chi connectivity index (χ3v) is 5.67. The van der Waals surface area contributed by atoms with Crippen LogP contribution in [0.4, 0.5) is 21.5 Å². The first-order valence-electron chi connectivity index (χ1n) is 9.60. The van der Waals surface area contributed by atoms with Crippen LogP contribution in [0.25, 0.3) is 0 Å². The molecule has 1 aliphatic heterocycles. The molecule has 0 unspecified atom stereocenters. The van der Waals surface area contributed by atoms with Crippen LogP contribution in [0, 0.1) is 27.8 Å². The molecule has 2 fully saturated rings. The Balaban J connectivity index is 1.59. The van der Waals surface area contributed by atoms with Gasteiger partial charge in [-0.05, 0) is 42.7 Å². The second-order valence-corrected chi connectivity index (χ2v) is 7.45. The average molecular weight is 397 g/mol. The summed E-state index contributed by atoms with van der Waals surface area (Å²) >= 11 is 0. The first kappa shape index (κ1) is 19.0. The number of nitrogens with zero attached hydrogens (tertiary/aromatic N) is 2. The summed E-state index contributed by atoms with van der Waals surface area (Å²) in [6.07, 6.45) is 3.21. The molecule has 2 atom stereocenters. The van der Waals surface area contributed by atoms with Gasteiger partial charge in [-0.25, -0.2) is 9.29 Å². The van der Waals surface area contributed by atoms with Gasteiger partial charge < -0.3 is 5.32 Å². The van der Waals surface area contributed by atoms with Gasteiger partial charge in [0.2, 0.25) is 11.8 Å². The number of amides is 2. The lowest BCUT2D eigenvalue weighted by molar-refractivity contribution is -0.383. The Morgan fingerprint density at radius 2 is 1.66 bits per heavy atom. The largest absolute Gasteiger partial charge is 0.375 e. The molecule has 0 aromatic heterocycles. The van der Waals surface area contributed by atoms with Gasteiger partial charge >= 0.3 is 0 Å². The number of hydrogen-bond donors (Lipinski definition) is 1. The van der Waals surface area contributed by atoms with Gasteiger partial charge in [-0.15, -0.1) is 0 Å². The molecule has 1 heterocycles. The van der Waals surface area contributed by atoms with Crippen LogP contribution in [0.2, 0.25) is 0 Å². The van der Waals surface area contributed by atoms with Crippen LogP contribution in [-0.2, 0) is 16.1 Å². The van der Waals surface area contributed by atoms with Crippen LogP contribution in [0.5, 0.6) is 0 Å². The van der Waals surface area contributed by atoms with Crippen LogP contribution < -0.4 is 10.2 Å². The minimum absolute atomic E-state index is 0.222. The molecule has 1 saturated heterocycles. The molecule has 1 N–H and O–H groups in total. The van der Waals surface area contributed by atoms with E-state index in [1.165, 1.54) is 24.3 Å². The molecule has 150 valence electrons. The number of carbonyl (C=O) groups is 2. The van der Waals surface area contributed by atoms with Crippen molar-refractivity contribution in [1.82, 2.24) is 0 Å². The third kappa shape index (κ3) is 3.57. The van der Waals surface area contributed by atoms with E-state index in [0.717, 1.165) is 23.3 Å². The van der Waals surface area contributed by atoms with Crippen molar-refractivity contribution in [3.8, 4) is 0 Å². The molecule has 2 aliphatic rings. The first-order valence-corrected chi connectivity index (χ1v) is 9.60. The zero-order valence-electron chi connectivity index (χ0n) is 15.6. The zero-order valence-corrected chi connectivity index (χ0v) is 15.6. The Bertz CT molecular complexity index is 952. The minimum atomic E-state index is -0.547. The average Bonchev–Trinajstić information content (AvgIpc) is 2.98. The fourth-order valence-electron chi connectivity index (χ4n) is 4.18. The third-order valence-electron chi connectivity index (χ3n) is 5.67. The number of nitro groups is 1. The van der Waals surface area contributed by atoms with E-state index >= 15 is 0 Å². The van der Waals surface area contributed by atoms with Crippen LogP contribution in [0.1, 0.15) is 31.2 Å². The number of anilines is 2. The summed E-state index contributed by atoms with van der Waals surface area (Å²) in [5.41, 5.74) is 1.03. The molecule has 4 rings (SSSR count). The Morgan fingerprint density at radius 3 is 2.24 bits per heavy atom. The van der Waals surface area contributed by atoms with E-state index in [4.69, 9.17) is 0 Å². The molecule has 2 aromatic rings. The van der Waals surface area contributed by atoms with Crippen molar-refractivity contribution in [1.29, 1.82) is 0 Å². The maximum atomic E-state index is 13.0. The van der Waals surface area contributed by atoms with Crippen molar-refractivity contribution < 1.29 is 18.9 Å². The predicted molar refractivity (Wildman–Crippen MR) is 105 cm³/mol. The summed E-state index contributed by atoms with van der Waals surface area (Å²) in [4.78, 5) is 37.6. The van der Waals surface area contributed by atoms with E-state index in [0.29, 0.717) is 12.8 Å². The summed E-state index contributed by atoms with van der Waals surface area (Å²) in [5, 5.41) is 14.6. The fraction of sp³-hybridized carbons (Fsp3) is 0.333. The van der Waals surface area contributed by atoms with E-state index in [1.807, 2.05) is 0 Å². The van der Waals surface area contributed by atoms with Crippen molar-refractivity contribution in [2.45, 2.75) is 32.2 Å². The summed E-state index contributed by atoms with van der Waals surface area (Å²) in [6.45, 7) is 0.270. The first-order chi connectivity index (χ1) is 14.0. The Hall–Kier alpha value is -3.29. The monoisotopic (exact) mass is 397 g/mol. The van der Waals surface area contributed by atoms with Crippen molar-refractivity contribution in [2.75, 3.05) is 10.2 Å². The van der Waals surface area contributed by atoms with E-state index < -0.39 is 4.92 Å². The lowest BCUT2D eigenvalue weighted by atomic mass is 9.81. The number of halogens is 1. The number of imide groups is 1. The van der Waals surface area contributed by atoms with Crippen LogP contribution in [0.3, 0.4) is 0 Å². The number of benzene rings is 2. The molecular weight excluding hydrogens is 377 g/mol. The number of nitro benzene ring substituents is 1. The summed E-state index contributed by atoms with van der Waals surface area (Å²) in [5.74, 6) is -1.51. The van der Waals surface area contributed by atoms with Gasteiger partial charge in [0.25, 0.3) is 5.69 Å². The predicted octanol–water partition coefficient (Wildman–Crippen LogP) is 4.03. The molecule has 2 aromatic carbocycles. The Labute approximate surface area is 166 Å². The van der Waals surface area contributed by atoms with Crippen LogP contribution >= 0.6 is 0 Å². The summed E-state index contributed by atoms with van der Waals surface area (Å²) in [6, 6.07) is 10.1. The van der Waals surface area contributed by atoms with E-state index in [1.54, 1.807) is 18.2 Å². The quantitative estimate of drug-likeness (QED) is 0.467. The normalized spacial score (nSPS) is 21.2. The highest BCUT2D eigenvalue weighted by molar-refractivity contribution is 6.22. The van der Waals surface area contributed by atoms with Gasteiger partial charge in [0.05, 0.1) is 22.4 Å². The highest BCUT2D eigenvalue weighted by Crippen LogP contribution is 2.41. The molecule has 8 heteroatoms. The molecular formula is C21H20FN3O4. The maximum absolute atomic E-state index is 13.0.